The van der Waals surface area contributed by atoms with Gasteiger partial charge in [0.25, 0.3) is 0 Å². The molecule has 0 aromatic heterocycles. The molecule has 0 spiro atoms. The molecular formula is C24H32N2O5S. The van der Waals surface area contributed by atoms with Gasteiger partial charge in [-0.3, -0.25) is 4.79 Å². The number of carbonyl (C=O) groups excluding carboxylic acids is 1. The zero-order valence-electron chi connectivity index (χ0n) is 19.0. The minimum absolute atomic E-state index is 0.0572. The standard InChI is InChI=1S/C24H32N2O5S/c1-26(20-9-5-4-6-10-20)32(28,29)21-15-13-19(14-16-21)25-23(27)17-12-18-8-7-11-22(30-2)24(18)31-3/h7-8,11,13-16,20H,4-6,9-10,12,17H2,1-3H3,(H,25,27). The van der Waals surface area contributed by atoms with Gasteiger partial charge in [0, 0.05) is 25.2 Å². The number of benzene rings is 2. The number of amides is 1. The van der Waals surface area contributed by atoms with Crippen LogP contribution in [-0.2, 0) is 21.2 Å². The molecule has 2 aromatic rings. The van der Waals surface area contributed by atoms with Crippen LogP contribution in [0.2, 0.25) is 0 Å². The Kier molecular flexibility index (Phi) is 8.15. The van der Waals surface area contributed by atoms with Crippen LogP contribution < -0.4 is 14.8 Å². The summed E-state index contributed by atoms with van der Waals surface area (Å²) in [5, 5.41) is 2.83. The Bertz CT molecular complexity index is 1020. The molecule has 0 atom stereocenters. The second kappa shape index (κ2) is 10.8. The molecule has 0 bridgehead atoms. The summed E-state index contributed by atoms with van der Waals surface area (Å²) in [6, 6.07) is 12.0. The average Bonchev–Trinajstić information content (AvgIpc) is 2.82. The van der Waals surface area contributed by atoms with Gasteiger partial charge in [-0.15, -0.1) is 0 Å². The number of para-hydroxylation sites is 1. The largest absolute Gasteiger partial charge is 0.493 e. The van der Waals surface area contributed by atoms with E-state index in [1.54, 1.807) is 45.5 Å². The number of ether oxygens (including phenoxy) is 2. The van der Waals surface area contributed by atoms with Gasteiger partial charge >= 0.3 is 0 Å². The molecule has 0 aliphatic heterocycles. The van der Waals surface area contributed by atoms with Crippen LogP contribution in [0.3, 0.4) is 0 Å². The molecule has 1 aliphatic carbocycles. The molecule has 1 amide bonds. The van der Waals surface area contributed by atoms with E-state index in [-0.39, 0.29) is 23.3 Å². The number of aryl methyl sites for hydroxylation is 1. The van der Waals surface area contributed by atoms with Gasteiger partial charge in [0.15, 0.2) is 11.5 Å². The Hall–Kier alpha value is -2.58. The first-order chi connectivity index (χ1) is 15.4. The Morgan fingerprint density at radius 3 is 2.34 bits per heavy atom. The fourth-order valence-corrected chi connectivity index (χ4v) is 5.56. The summed E-state index contributed by atoms with van der Waals surface area (Å²) in [6.07, 6.45) is 5.86. The third kappa shape index (κ3) is 5.61. The van der Waals surface area contributed by atoms with Crippen molar-refractivity contribution in [2.75, 3.05) is 26.6 Å². The predicted octanol–water partition coefficient (Wildman–Crippen LogP) is 4.23. The second-order valence-electron chi connectivity index (χ2n) is 8.04. The quantitative estimate of drug-likeness (QED) is 0.605. The van der Waals surface area contributed by atoms with Crippen LogP contribution in [-0.4, -0.2) is 45.9 Å². The van der Waals surface area contributed by atoms with Crippen molar-refractivity contribution in [3.05, 3.63) is 48.0 Å². The number of hydrogen-bond acceptors (Lipinski definition) is 5. The smallest absolute Gasteiger partial charge is 0.243 e. The molecule has 0 heterocycles. The number of anilines is 1. The number of rotatable bonds is 9. The predicted molar refractivity (Wildman–Crippen MR) is 125 cm³/mol. The Labute approximate surface area is 190 Å². The van der Waals surface area contributed by atoms with E-state index in [1.165, 1.54) is 10.7 Å². The van der Waals surface area contributed by atoms with E-state index in [9.17, 15) is 13.2 Å². The summed E-state index contributed by atoms with van der Waals surface area (Å²) in [4.78, 5) is 12.7. The van der Waals surface area contributed by atoms with E-state index >= 15 is 0 Å². The van der Waals surface area contributed by atoms with Crippen molar-refractivity contribution in [3.63, 3.8) is 0 Å². The van der Waals surface area contributed by atoms with E-state index < -0.39 is 10.0 Å². The molecular weight excluding hydrogens is 428 g/mol. The lowest BCUT2D eigenvalue weighted by Crippen LogP contribution is -2.38. The van der Waals surface area contributed by atoms with Gasteiger partial charge in [-0.2, -0.15) is 4.31 Å². The highest BCUT2D eigenvalue weighted by Gasteiger charge is 2.28. The molecule has 0 unspecified atom stereocenters. The van der Waals surface area contributed by atoms with Crippen LogP contribution in [0.5, 0.6) is 11.5 Å². The first-order valence-electron chi connectivity index (χ1n) is 10.9. The van der Waals surface area contributed by atoms with Gasteiger partial charge in [-0.1, -0.05) is 31.4 Å². The monoisotopic (exact) mass is 460 g/mol. The maximum Gasteiger partial charge on any atom is 0.243 e. The van der Waals surface area contributed by atoms with Gasteiger partial charge in [-0.05, 0) is 55.2 Å². The Morgan fingerprint density at radius 2 is 1.72 bits per heavy atom. The molecule has 1 N–H and O–H groups in total. The molecule has 3 rings (SSSR count). The fourth-order valence-electron chi connectivity index (χ4n) is 4.14. The molecule has 32 heavy (non-hydrogen) atoms. The number of methoxy groups -OCH3 is 2. The highest BCUT2D eigenvalue weighted by Crippen LogP contribution is 2.31. The van der Waals surface area contributed by atoms with Gasteiger partial charge in [0.05, 0.1) is 19.1 Å². The van der Waals surface area contributed by atoms with Gasteiger partial charge < -0.3 is 14.8 Å². The summed E-state index contributed by atoms with van der Waals surface area (Å²) >= 11 is 0. The first kappa shape index (κ1) is 24.1. The third-order valence-electron chi connectivity index (χ3n) is 6.01. The van der Waals surface area contributed by atoms with Crippen LogP contribution in [0.15, 0.2) is 47.4 Å². The molecule has 7 nitrogen and oxygen atoms in total. The van der Waals surface area contributed by atoms with E-state index in [0.29, 0.717) is 23.6 Å². The van der Waals surface area contributed by atoms with Crippen molar-refractivity contribution in [2.45, 2.75) is 55.9 Å². The highest BCUT2D eigenvalue weighted by molar-refractivity contribution is 7.89. The van der Waals surface area contributed by atoms with Crippen molar-refractivity contribution in [3.8, 4) is 11.5 Å². The van der Waals surface area contributed by atoms with Crippen LogP contribution in [0.1, 0.15) is 44.1 Å². The fraction of sp³-hybridized carbons (Fsp3) is 0.458. The number of hydrogen-bond donors (Lipinski definition) is 1. The van der Waals surface area contributed by atoms with Gasteiger partial charge in [0.2, 0.25) is 15.9 Å². The molecule has 8 heteroatoms. The Morgan fingerprint density at radius 1 is 1.03 bits per heavy atom. The molecule has 0 saturated heterocycles. The molecule has 1 saturated carbocycles. The molecule has 1 aliphatic rings. The minimum Gasteiger partial charge on any atom is -0.493 e. The van der Waals surface area contributed by atoms with E-state index in [1.807, 2.05) is 18.2 Å². The zero-order valence-corrected chi connectivity index (χ0v) is 19.8. The van der Waals surface area contributed by atoms with Gasteiger partial charge in [-0.25, -0.2) is 8.42 Å². The number of sulfonamides is 1. The number of nitrogens with zero attached hydrogens (tertiary/aromatic N) is 1. The summed E-state index contributed by atoms with van der Waals surface area (Å²) < 4.78 is 38.1. The number of carbonyl (C=O) groups is 1. The lowest BCUT2D eigenvalue weighted by Gasteiger charge is -2.30. The van der Waals surface area contributed by atoms with Crippen LogP contribution in [0.4, 0.5) is 5.69 Å². The lowest BCUT2D eigenvalue weighted by molar-refractivity contribution is -0.116. The van der Waals surface area contributed by atoms with E-state index in [0.717, 1.165) is 31.2 Å². The molecule has 2 aromatic carbocycles. The van der Waals surface area contributed by atoms with Crippen molar-refractivity contribution in [1.82, 2.24) is 4.31 Å². The van der Waals surface area contributed by atoms with Crippen molar-refractivity contribution < 1.29 is 22.7 Å². The van der Waals surface area contributed by atoms with Crippen LogP contribution in [0.25, 0.3) is 0 Å². The first-order valence-corrected chi connectivity index (χ1v) is 12.4. The van der Waals surface area contributed by atoms with Crippen molar-refractivity contribution >= 4 is 21.6 Å². The molecule has 174 valence electrons. The summed E-state index contributed by atoms with van der Waals surface area (Å²) in [5.41, 5.74) is 1.45. The second-order valence-corrected chi connectivity index (χ2v) is 10.0. The van der Waals surface area contributed by atoms with Crippen LogP contribution in [0, 0.1) is 0 Å². The maximum atomic E-state index is 13.0. The normalized spacial score (nSPS) is 14.9. The third-order valence-corrected chi connectivity index (χ3v) is 7.93. The van der Waals surface area contributed by atoms with Crippen molar-refractivity contribution in [1.29, 1.82) is 0 Å². The summed E-state index contributed by atoms with van der Waals surface area (Å²) in [6.45, 7) is 0. The zero-order chi connectivity index (χ0) is 23.1. The summed E-state index contributed by atoms with van der Waals surface area (Å²) in [5.74, 6) is 1.09. The SMILES string of the molecule is COc1cccc(CCC(=O)Nc2ccc(S(=O)(=O)N(C)C3CCCCC3)cc2)c1OC. The highest BCUT2D eigenvalue weighted by atomic mass is 32.2. The average molecular weight is 461 g/mol. The van der Waals surface area contributed by atoms with E-state index in [4.69, 9.17) is 9.47 Å². The van der Waals surface area contributed by atoms with E-state index in [2.05, 4.69) is 5.32 Å². The molecule has 1 fully saturated rings. The topological polar surface area (TPSA) is 84.9 Å². The van der Waals surface area contributed by atoms with Gasteiger partial charge in [0.1, 0.15) is 0 Å². The summed E-state index contributed by atoms with van der Waals surface area (Å²) in [7, 11) is 1.26. The van der Waals surface area contributed by atoms with Crippen LogP contribution >= 0.6 is 0 Å². The van der Waals surface area contributed by atoms with Crippen molar-refractivity contribution in [2.24, 2.45) is 0 Å². The number of nitrogens with one attached hydrogen (secondary N) is 1. The molecule has 0 radical (unpaired) electrons. The Balaban J connectivity index is 1.60. The lowest BCUT2D eigenvalue weighted by atomic mass is 9.96. The minimum atomic E-state index is -3.55. The maximum absolute atomic E-state index is 13.0.